The summed E-state index contributed by atoms with van der Waals surface area (Å²) in [5, 5.41) is 3.60. The summed E-state index contributed by atoms with van der Waals surface area (Å²) in [7, 11) is 0. The van der Waals surface area contributed by atoms with E-state index in [-0.39, 0.29) is 12.5 Å². The van der Waals surface area contributed by atoms with Crippen LogP contribution in [-0.4, -0.2) is 15.9 Å². The van der Waals surface area contributed by atoms with E-state index in [1.807, 2.05) is 36.4 Å². The van der Waals surface area contributed by atoms with Crippen LogP contribution >= 0.6 is 23.2 Å². The van der Waals surface area contributed by atoms with E-state index < -0.39 is 0 Å². The van der Waals surface area contributed by atoms with Gasteiger partial charge in [0, 0.05) is 10.6 Å². The normalized spacial score (nSPS) is 10.4. The number of aromatic nitrogens is 2. The van der Waals surface area contributed by atoms with Gasteiger partial charge in [0.1, 0.15) is 6.33 Å². The molecule has 1 amide bonds. The third kappa shape index (κ3) is 3.91. The van der Waals surface area contributed by atoms with Gasteiger partial charge in [0.15, 0.2) is 0 Å². The van der Waals surface area contributed by atoms with Gasteiger partial charge in [-0.3, -0.25) is 4.79 Å². The minimum atomic E-state index is -0.281. The number of nitrogens with one attached hydrogen (secondary N) is 1. The Kier molecular flexibility index (Phi) is 5.08. The van der Waals surface area contributed by atoms with E-state index in [1.54, 1.807) is 12.1 Å². The molecule has 3 rings (SSSR count). The Balaban J connectivity index is 1.72. The molecule has 0 saturated heterocycles. The van der Waals surface area contributed by atoms with Crippen molar-refractivity contribution in [1.82, 2.24) is 15.3 Å². The Morgan fingerprint density at radius 1 is 1.00 bits per heavy atom. The van der Waals surface area contributed by atoms with Gasteiger partial charge in [0.25, 0.3) is 5.91 Å². The third-order valence-corrected chi connectivity index (χ3v) is 3.95. The molecule has 0 saturated carbocycles. The van der Waals surface area contributed by atoms with Gasteiger partial charge in [0.2, 0.25) is 0 Å². The second kappa shape index (κ2) is 7.43. The fourth-order valence-electron chi connectivity index (χ4n) is 2.20. The van der Waals surface area contributed by atoms with Crippen molar-refractivity contribution in [3.8, 4) is 11.3 Å². The standard InChI is InChI=1S/C18H13Cl2N3O/c19-13-6-7-15(16(20)8-13)18(24)21-10-14-9-17(23-11-22-14)12-4-2-1-3-5-12/h1-9,11H,10H2,(H,21,24). The summed E-state index contributed by atoms with van der Waals surface area (Å²) in [5.41, 5.74) is 2.88. The maximum absolute atomic E-state index is 12.2. The van der Waals surface area contributed by atoms with E-state index in [4.69, 9.17) is 23.2 Å². The predicted octanol–water partition coefficient (Wildman–Crippen LogP) is 4.38. The largest absolute Gasteiger partial charge is 0.346 e. The molecule has 1 aromatic heterocycles. The molecule has 6 heteroatoms. The first-order valence-electron chi connectivity index (χ1n) is 7.23. The molecule has 0 unspecified atom stereocenters. The number of carbonyl (C=O) groups excluding carboxylic acids is 1. The summed E-state index contributed by atoms with van der Waals surface area (Å²) >= 11 is 11.9. The maximum Gasteiger partial charge on any atom is 0.253 e. The Morgan fingerprint density at radius 2 is 1.79 bits per heavy atom. The van der Waals surface area contributed by atoms with Crippen LogP contribution in [0.1, 0.15) is 16.1 Å². The number of amides is 1. The molecule has 0 atom stereocenters. The lowest BCUT2D eigenvalue weighted by atomic mass is 10.1. The van der Waals surface area contributed by atoms with Crippen LogP contribution in [0.5, 0.6) is 0 Å². The zero-order valence-corrected chi connectivity index (χ0v) is 14.1. The molecule has 0 spiro atoms. The molecule has 0 aliphatic rings. The molecule has 24 heavy (non-hydrogen) atoms. The highest BCUT2D eigenvalue weighted by Crippen LogP contribution is 2.21. The van der Waals surface area contributed by atoms with Crippen molar-refractivity contribution in [3.63, 3.8) is 0 Å². The average molecular weight is 358 g/mol. The molecule has 0 bridgehead atoms. The van der Waals surface area contributed by atoms with Gasteiger partial charge >= 0.3 is 0 Å². The molecular weight excluding hydrogens is 345 g/mol. The van der Waals surface area contributed by atoms with Gasteiger partial charge in [-0.15, -0.1) is 0 Å². The lowest BCUT2D eigenvalue weighted by molar-refractivity contribution is 0.0950. The first-order chi connectivity index (χ1) is 11.6. The minimum Gasteiger partial charge on any atom is -0.346 e. The molecule has 120 valence electrons. The topological polar surface area (TPSA) is 54.9 Å². The molecule has 3 aromatic rings. The van der Waals surface area contributed by atoms with E-state index >= 15 is 0 Å². The molecule has 4 nitrogen and oxygen atoms in total. The third-order valence-electron chi connectivity index (χ3n) is 3.40. The van der Waals surface area contributed by atoms with Gasteiger partial charge in [-0.25, -0.2) is 9.97 Å². The monoisotopic (exact) mass is 357 g/mol. The Morgan fingerprint density at radius 3 is 2.54 bits per heavy atom. The first-order valence-corrected chi connectivity index (χ1v) is 7.98. The van der Waals surface area contributed by atoms with Crippen molar-refractivity contribution in [3.05, 3.63) is 82.2 Å². The molecule has 1 heterocycles. The highest BCUT2D eigenvalue weighted by molar-refractivity contribution is 6.36. The van der Waals surface area contributed by atoms with Crippen molar-refractivity contribution < 1.29 is 4.79 Å². The lowest BCUT2D eigenvalue weighted by Gasteiger charge is -2.08. The quantitative estimate of drug-likeness (QED) is 0.753. The van der Waals surface area contributed by atoms with Crippen LogP contribution in [0, 0.1) is 0 Å². The van der Waals surface area contributed by atoms with E-state index in [0.717, 1.165) is 11.3 Å². The van der Waals surface area contributed by atoms with Gasteiger partial charge in [-0.1, -0.05) is 53.5 Å². The summed E-state index contributed by atoms with van der Waals surface area (Å²) in [6.45, 7) is 0.278. The maximum atomic E-state index is 12.2. The number of halogens is 2. The highest BCUT2D eigenvalue weighted by Gasteiger charge is 2.11. The fourth-order valence-corrected chi connectivity index (χ4v) is 2.70. The molecule has 0 aliphatic carbocycles. The van der Waals surface area contributed by atoms with Crippen molar-refractivity contribution in [2.24, 2.45) is 0 Å². The summed E-state index contributed by atoms with van der Waals surface area (Å²) in [4.78, 5) is 20.7. The van der Waals surface area contributed by atoms with E-state index in [2.05, 4.69) is 15.3 Å². The summed E-state index contributed by atoms with van der Waals surface area (Å²) in [6.07, 6.45) is 1.49. The zero-order valence-electron chi connectivity index (χ0n) is 12.5. The number of benzene rings is 2. The lowest BCUT2D eigenvalue weighted by Crippen LogP contribution is -2.23. The van der Waals surface area contributed by atoms with Crippen molar-refractivity contribution in [2.45, 2.75) is 6.54 Å². The van der Waals surface area contributed by atoms with Gasteiger partial charge in [0.05, 0.1) is 28.5 Å². The van der Waals surface area contributed by atoms with E-state index in [1.165, 1.54) is 12.4 Å². The average Bonchev–Trinajstić information content (AvgIpc) is 2.61. The Hall–Kier alpha value is -2.43. The van der Waals surface area contributed by atoms with Crippen molar-refractivity contribution in [1.29, 1.82) is 0 Å². The second-order valence-electron chi connectivity index (χ2n) is 5.07. The highest BCUT2D eigenvalue weighted by atomic mass is 35.5. The SMILES string of the molecule is O=C(NCc1cc(-c2ccccc2)ncn1)c1ccc(Cl)cc1Cl. The number of hydrogen-bond acceptors (Lipinski definition) is 3. The van der Waals surface area contributed by atoms with E-state index in [9.17, 15) is 4.79 Å². The van der Waals surface area contributed by atoms with Crippen LogP contribution < -0.4 is 5.32 Å². The molecular formula is C18H13Cl2N3O. The van der Waals surface area contributed by atoms with Crippen LogP contribution in [0.15, 0.2) is 60.9 Å². The van der Waals surface area contributed by atoms with Crippen molar-refractivity contribution >= 4 is 29.1 Å². The molecule has 0 aliphatic heterocycles. The van der Waals surface area contributed by atoms with Gasteiger partial charge in [-0.05, 0) is 24.3 Å². The fraction of sp³-hybridized carbons (Fsp3) is 0.0556. The van der Waals surface area contributed by atoms with Crippen LogP contribution in [0.25, 0.3) is 11.3 Å². The molecule has 0 fully saturated rings. The van der Waals surface area contributed by atoms with Crippen LogP contribution in [0.3, 0.4) is 0 Å². The van der Waals surface area contributed by atoms with Gasteiger partial charge in [-0.2, -0.15) is 0 Å². The zero-order chi connectivity index (χ0) is 16.9. The smallest absolute Gasteiger partial charge is 0.253 e. The second-order valence-corrected chi connectivity index (χ2v) is 5.91. The Labute approximate surface area is 149 Å². The predicted molar refractivity (Wildman–Crippen MR) is 95.1 cm³/mol. The summed E-state index contributed by atoms with van der Waals surface area (Å²) < 4.78 is 0. The van der Waals surface area contributed by atoms with E-state index in [0.29, 0.717) is 21.3 Å². The molecule has 2 aromatic carbocycles. The Bertz CT molecular complexity index is 869. The minimum absolute atomic E-state index is 0.278. The number of nitrogens with zero attached hydrogens (tertiary/aromatic N) is 2. The molecule has 0 radical (unpaired) electrons. The number of carbonyl (C=O) groups is 1. The van der Waals surface area contributed by atoms with Crippen LogP contribution in [0.2, 0.25) is 10.0 Å². The summed E-state index contributed by atoms with van der Waals surface area (Å²) in [5.74, 6) is -0.281. The molecule has 1 N–H and O–H groups in total. The first kappa shape index (κ1) is 16.4. The van der Waals surface area contributed by atoms with Gasteiger partial charge < -0.3 is 5.32 Å². The number of rotatable bonds is 4. The van der Waals surface area contributed by atoms with Crippen LogP contribution in [-0.2, 0) is 6.54 Å². The van der Waals surface area contributed by atoms with Crippen LogP contribution in [0.4, 0.5) is 0 Å². The van der Waals surface area contributed by atoms with Crippen molar-refractivity contribution in [2.75, 3.05) is 0 Å². The summed E-state index contributed by atoms with van der Waals surface area (Å²) in [6, 6.07) is 16.4. The number of hydrogen-bond donors (Lipinski definition) is 1.